The molecule has 154 valence electrons. The van der Waals surface area contributed by atoms with Crippen molar-refractivity contribution in [1.29, 1.82) is 0 Å². The van der Waals surface area contributed by atoms with Crippen LogP contribution in [0.1, 0.15) is 42.5 Å². The molecule has 0 saturated heterocycles. The summed E-state index contributed by atoms with van der Waals surface area (Å²) in [5, 5.41) is 4.42. The van der Waals surface area contributed by atoms with E-state index in [1.54, 1.807) is 0 Å². The molecule has 0 aromatic heterocycles. The average molecular weight is 495 g/mol. The van der Waals surface area contributed by atoms with Crippen molar-refractivity contribution in [2.75, 3.05) is 0 Å². The highest BCUT2D eigenvalue weighted by molar-refractivity contribution is 9.10. The molecule has 0 amide bonds. The van der Waals surface area contributed by atoms with Gasteiger partial charge in [-0.25, -0.2) is 0 Å². The molecule has 0 aliphatic carbocycles. The zero-order chi connectivity index (χ0) is 19.8. The number of benzene rings is 3. The molecule has 0 heterocycles. The Labute approximate surface area is 193 Å². The summed E-state index contributed by atoms with van der Waals surface area (Å²) < 4.78 is 6.91. The van der Waals surface area contributed by atoms with Crippen molar-refractivity contribution in [2.45, 2.75) is 39.0 Å². The minimum atomic E-state index is 0. The van der Waals surface area contributed by atoms with Crippen LogP contribution in [0.3, 0.4) is 0 Å². The summed E-state index contributed by atoms with van der Waals surface area (Å²) in [4.78, 5) is 0. The molecule has 0 saturated carbocycles. The second-order valence-corrected chi connectivity index (χ2v) is 8.10. The fourth-order valence-electron chi connectivity index (χ4n) is 3.11. The Bertz CT molecular complexity index is 872. The number of halogens is 3. The number of hydrogen-bond donors (Lipinski definition) is 1. The van der Waals surface area contributed by atoms with Crippen LogP contribution in [0.5, 0.6) is 5.75 Å². The Morgan fingerprint density at radius 3 is 2.31 bits per heavy atom. The van der Waals surface area contributed by atoms with Gasteiger partial charge in [-0.2, -0.15) is 0 Å². The first-order valence-corrected chi connectivity index (χ1v) is 10.8. The predicted octanol–water partition coefficient (Wildman–Crippen LogP) is 7.73. The Balaban J connectivity index is 0.00000300. The van der Waals surface area contributed by atoms with Crippen LogP contribution in [0, 0.1) is 0 Å². The Morgan fingerprint density at radius 1 is 0.966 bits per heavy atom. The van der Waals surface area contributed by atoms with Gasteiger partial charge in [0.15, 0.2) is 0 Å². The molecule has 3 aromatic rings. The van der Waals surface area contributed by atoms with Crippen molar-refractivity contribution in [1.82, 2.24) is 5.32 Å². The molecule has 0 fully saturated rings. The van der Waals surface area contributed by atoms with Crippen LogP contribution < -0.4 is 10.1 Å². The lowest BCUT2D eigenvalue weighted by molar-refractivity contribution is 0.304. The van der Waals surface area contributed by atoms with E-state index in [0.717, 1.165) is 40.2 Å². The zero-order valence-corrected chi connectivity index (χ0v) is 19.6. The first-order valence-electron chi connectivity index (χ1n) is 9.59. The van der Waals surface area contributed by atoms with Crippen molar-refractivity contribution in [2.24, 2.45) is 0 Å². The summed E-state index contributed by atoms with van der Waals surface area (Å²) in [5.74, 6) is 0.840. The van der Waals surface area contributed by atoms with Crippen molar-refractivity contribution in [3.05, 3.63) is 99.0 Å². The number of ether oxygens (including phenoxy) is 1. The minimum Gasteiger partial charge on any atom is -0.488 e. The molecule has 0 aliphatic heterocycles. The molecule has 1 N–H and O–H groups in total. The second-order valence-electron chi connectivity index (χ2n) is 6.81. The van der Waals surface area contributed by atoms with Gasteiger partial charge in [-0.3, -0.25) is 0 Å². The predicted molar refractivity (Wildman–Crippen MR) is 128 cm³/mol. The van der Waals surface area contributed by atoms with Crippen LogP contribution in [-0.2, 0) is 13.2 Å². The molecule has 3 aromatic carbocycles. The summed E-state index contributed by atoms with van der Waals surface area (Å²) in [6, 6.07) is 25.0. The van der Waals surface area contributed by atoms with Crippen LogP contribution in [0.25, 0.3) is 0 Å². The van der Waals surface area contributed by atoms with E-state index < -0.39 is 0 Å². The maximum Gasteiger partial charge on any atom is 0.134 e. The lowest BCUT2D eigenvalue weighted by Gasteiger charge is -2.19. The van der Waals surface area contributed by atoms with E-state index in [4.69, 9.17) is 16.3 Å². The van der Waals surface area contributed by atoms with Crippen molar-refractivity contribution in [3.8, 4) is 5.75 Å². The monoisotopic (exact) mass is 493 g/mol. The van der Waals surface area contributed by atoms with E-state index in [2.05, 4.69) is 70.6 Å². The SMILES string of the molecule is CCCC(NCc1ccc(OCc2ccc(Cl)cc2)c(Br)c1)c1ccccc1.Cl. The van der Waals surface area contributed by atoms with E-state index >= 15 is 0 Å². The van der Waals surface area contributed by atoms with E-state index in [-0.39, 0.29) is 12.4 Å². The molecule has 0 spiro atoms. The Morgan fingerprint density at radius 2 is 1.66 bits per heavy atom. The third-order valence-corrected chi connectivity index (χ3v) is 5.51. The highest BCUT2D eigenvalue weighted by atomic mass is 79.9. The molecule has 0 aliphatic rings. The fourth-order valence-corrected chi connectivity index (χ4v) is 3.78. The zero-order valence-electron chi connectivity index (χ0n) is 16.4. The third-order valence-electron chi connectivity index (χ3n) is 4.64. The second kappa shape index (κ2) is 12.2. The molecule has 0 bridgehead atoms. The van der Waals surface area contributed by atoms with Crippen molar-refractivity contribution < 1.29 is 4.74 Å². The summed E-state index contributed by atoms with van der Waals surface area (Å²) in [6.07, 6.45) is 2.27. The van der Waals surface area contributed by atoms with Crippen LogP contribution in [-0.4, -0.2) is 0 Å². The third kappa shape index (κ3) is 7.35. The molecule has 29 heavy (non-hydrogen) atoms. The van der Waals surface area contributed by atoms with Gasteiger partial charge in [0, 0.05) is 17.6 Å². The van der Waals surface area contributed by atoms with Gasteiger partial charge < -0.3 is 10.1 Å². The topological polar surface area (TPSA) is 21.3 Å². The van der Waals surface area contributed by atoms with E-state index in [1.807, 2.05) is 30.3 Å². The smallest absolute Gasteiger partial charge is 0.134 e. The van der Waals surface area contributed by atoms with Gasteiger partial charge in [0.05, 0.1) is 4.47 Å². The summed E-state index contributed by atoms with van der Waals surface area (Å²) in [5.41, 5.74) is 3.65. The summed E-state index contributed by atoms with van der Waals surface area (Å²) in [6.45, 7) is 3.55. The number of hydrogen-bond acceptors (Lipinski definition) is 2. The first-order chi connectivity index (χ1) is 13.7. The van der Waals surface area contributed by atoms with Crippen LogP contribution in [0.2, 0.25) is 5.02 Å². The van der Waals surface area contributed by atoms with Gasteiger partial charge in [0.2, 0.25) is 0 Å². The van der Waals surface area contributed by atoms with Crippen LogP contribution >= 0.6 is 39.9 Å². The quantitative estimate of drug-likeness (QED) is 0.328. The molecule has 2 nitrogen and oxygen atoms in total. The molecule has 1 unspecified atom stereocenters. The first kappa shape index (κ1) is 23.8. The number of nitrogens with one attached hydrogen (secondary N) is 1. The Hall–Kier alpha value is -1.52. The van der Waals surface area contributed by atoms with Gasteiger partial charge in [-0.15, -0.1) is 12.4 Å². The van der Waals surface area contributed by atoms with Crippen molar-refractivity contribution in [3.63, 3.8) is 0 Å². The molecule has 5 heteroatoms. The normalized spacial score (nSPS) is 11.6. The lowest BCUT2D eigenvalue weighted by Crippen LogP contribution is -2.20. The van der Waals surface area contributed by atoms with E-state index in [1.165, 1.54) is 11.1 Å². The molecule has 1 atom stereocenters. The lowest BCUT2D eigenvalue weighted by atomic mass is 10.0. The summed E-state index contributed by atoms with van der Waals surface area (Å²) >= 11 is 9.57. The van der Waals surface area contributed by atoms with Gasteiger partial charge in [0.25, 0.3) is 0 Å². The highest BCUT2D eigenvalue weighted by Gasteiger charge is 2.10. The van der Waals surface area contributed by atoms with Gasteiger partial charge in [-0.05, 0) is 63.3 Å². The molecular formula is C24H26BrCl2NO. The molecule has 3 rings (SSSR count). The maximum atomic E-state index is 5.94. The minimum absolute atomic E-state index is 0. The molecular weight excluding hydrogens is 469 g/mol. The summed E-state index contributed by atoms with van der Waals surface area (Å²) in [7, 11) is 0. The van der Waals surface area contributed by atoms with Gasteiger partial charge in [0.1, 0.15) is 12.4 Å². The fraction of sp³-hybridized carbons (Fsp3) is 0.250. The molecule has 0 radical (unpaired) electrons. The van der Waals surface area contributed by atoms with Crippen LogP contribution in [0.15, 0.2) is 77.3 Å². The van der Waals surface area contributed by atoms with Gasteiger partial charge >= 0.3 is 0 Å². The van der Waals surface area contributed by atoms with Crippen molar-refractivity contribution >= 4 is 39.9 Å². The highest BCUT2D eigenvalue weighted by Crippen LogP contribution is 2.27. The maximum absolute atomic E-state index is 5.94. The Kier molecular flexibility index (Phi) is 10.0. The van der Waals surface area contributed by atoms with Crippen LogP contribution in [0.4, 0.5) is 0 Å². The standard InChI is InChI=1S/C24H25BrClNO.ClH/c1-2-6-23(20-7-4-3-5-8-20)27-16-19-11-14-24(22(25)15-19)28-17-18-9-12-21(26)13-10-18;/h3-5,7-15,23,27H,2,6,16-17H2,1H3;1H. The van der Waals surface area contributed by atoms with Gasteiger partial charge in [-0.1, -0.05) is 73.5 Å². The average Bonchev–Trinajstić information content (AvgIpc) is 2.72. The van der Waals surface area contributed by atoms with E-state index in [9.17, 15) is 0 Å². The largest absolute Gasteiger partial charge is 0.488 e. The van der Waals surface area contributed by atoms with E-state index in [0.29, 0.717) is 12.6 Å². The number of rotatable bonds is 9.